The van der Waals surface area contributed by atoms with Crippen molar-refractivity contribution in [2.75, 3.05) is 13.2 Å². The molecule has 1 fully saturated rings. The van der Waals surface area contributed by atoms with Crippen LogP contribution in [0.15, 0.2) is 12.7 Å². The molecule has 0 amide bonds. The lowest BCUT2D eigenvalue weighted by Crippen LogP contribution is -2.34. The lowest BCUT2D eigenvalue weighted by molar-refractivity contribution is 0.0117. The van der Waals surface area contributed by atoms with Gasteiger partial charge in [0.2, 0.25) is 0 Å². The average molecular weight is 169 g/mol. The molecule has 1 aromatic heterocycles. The summed E-state index contributed by atoms with van der Waals surface area (Å²) >= 11 is 0. The van der Waals surface area contributed by atoms with Crippen molar-refractivity contribution >= 4 is 0 Å². The fourth-order valence-electron chi connectivity index (χ4n) is 1.36. The van der Waals surface area contributed by atoms with Crippen LogP contribution in [0.1, 0.15) is 6.42 Å². The zero-order valence-corrected chi connectivity index (χ0v) is 6.68. The van der Waals surface area contributed by atoms with Gasteiger partial charge in [0.1, 0.15) is 18.3 Å². The molecule has 1 N–H and O–H groups in total. The van der Waals surface area contributed by atoms with Crippen molar-refractivity contribution in [2.45, 2.75) is 18.6 Å². The van der Waals surface area contributed by atoms with Crippen LogP contribution in [0.3, 0.4) is 0 Å². The Labute approximate surface area is 70.0 Å². The fourth-order valence-corrected chi connectivity index (χ4v) is 1.36. The molecule has 2 rings (SSSR count). The second-order valence-corrected chi connectivity index (χ2v) is 3.16. The van der Waals surface area contributed by atoms with Crippen molar-refractivity contribution in [1.29, 1.82) is 0 Å². The minimum Gasteiger partial charge on any atom is -0.386 e. The minimum absolute atomic E-state index is 0.408. The molecule has 5 heteroatoms. The van der Waals surface area contributed by atoms with Gasteiger partial charge in [-0.25, -0.2) is 0 Å². The molecule has 5 nitrogen and oxygen atoms in total. The lowest BCUT2D eigenvalue weighted by Gasteiger charge is -2.19. The van der Waals surface area contributed by atoms with Crippen LogP contribution in [-0.2, 0) is 11.3 Å². The monoisotopic (exact) mass is 169 g/mol. The molecule has 1 aromatic rings. The third kappa shape index (κ3) is 1.46. The predicted molar refractivity (Wildman–Crippen MR) is 40.4 cm³/mol. The van der Waals surface area contributed by atoms with Gasteiger partial charge < -0.3 is 14.4 Å². The zero-order chi connectivity index (χ0) is 8.44. The van der Waals surface area contributed by atoms with Gasteiger partial charge in [0, 0.05) is 13.0 Å². The number of aromatic nitrogens is 3. The Morgan fingerprint density at radius 2 is 2.25 bits per heavy atom. The highest BCUT2D eigenvalue weighted by atomic mass is 16.5. The molecule has 0 aromatic carbocycles. The molecule has 1 unspecified atom stereocenters. The van der Waals surface area contributed by atoms with Gasteiger partial charge in [0.25, 0.3) is 0 Å². The van der Waals surface area contributed by atoms with E-state index < -0.39 is 5.60 Å². The highest BCUT2D eigenvalue weighted by Crippen LogP contribution is 2.19. The van der Waals surface area contributed by atoms with E-state index in [0.29, 0.717) is 26.2 Å². The summed E-state index contributed by atoms with van der Waals surface area (Å²) in [6.45, 7) is 1.56. The summed E-state index contributed by atoms with van der Waals surface area (Å²) in [6, 6.07) is 0. The molecule has 1 aliphatic heterocycles. The van der Waals surface area contributed by atoms with Crippen molar-refractivity contribution in [1.82, 2.24) is 14.8 Å². The number of rotatable bonds is 2. The third-order valence-corrected chi connectivity index (χ3v) is 2.03. The maximum absolute atomic E-state index is 9.86. The van der Waals surface area contributed by atoms with Crippen LogP contribution in [0, 0.1) is 0 Å². The zero-order valence-electron chi connectivity index (χ0n) is 6.68. The SMILES string of the molecule is OC1(Cn2cnnc2)CCOC1. The fraction of sp³-hybridized carbons (Fsp3) is 0.714. The second kappa shape index (κ2) is 2.84. The first kappa shape index (κ1) is 7.70. The van der Waals surface area contributed by atoms with Crippen molar-refractivity contribution in [3.63, 3.8) is 0 Å². The van der Waals surface area contributed by atoms with E-state index in [9.17, 15) is 5.11 Å². The second-order valence-electron chi connectivity index (χ2n) is 3.16. The van der Waals surface area contributed by atoms with Crippen LogP contribution < -0.4 is 0 Å². The van der Waals surface area contributed by atoms with Crippen LogP contribution in [0.5, 0.6) is 0 Å². The van der Waals surface area contributed by atoms with E-state index in [1.165, 1.54) is 0 Å². The van der Waals surface area contributed by atoms with E-state index in [4.69, 9.17) is 4.74 Å². The van der Waals surface area contributed by atoms with Gasteiger partial charge in [-0.05, 0) is 0 Å². The first-order chi connectivity index (χ1) is 5.79. The van der Waals surface area contributed by atoms with Crippen LogP contribution in [0.2, 0.25) is 0 Å². The van der Waals surface area contributed by atoms with Crippen molar-refractivity contribution in [3.8, 4) is 0 Å². The quantitative estimate of drug-likeness (QED) is 0.644. The van der Waals surface area contributed by atoms with Crippen LogP contribution in [0.25, 0.3) is 0 Å². The largest absolute Gasteiger partial charge is 0.386 e. The van der Waals surface area contributed by atoms with E-state index >= 15 is 0 Å². The summed E-state index contributed by atoms with van der Waals surface area (Å²) in [6.07, 6.45) is 3.87. The van der Waals surface area contributed by atoms with Crippen LogP contribution >= 0.6 is 0 Å². The summed E-state index contributed by atoms with van der Waals surface area (Å²) in [5, 5.41) is 17.2. The van der Waals surface area contributed by atoms with E-state index in [1.54, 1.807) is 17.2 Å². The Morgan fingerprint density at radius 3 is 2.83 bits per heavy atom. The summed E-state index contributed by atoms with van der Waals surface area (Å²) < 4.78 is 6.86. The molecule has 0 aliphatic carbocycles. The van der Waals surface area contributed by atoms with E-state index in [1.807, 2.05) is 0 Å². The number of nitrogens with zero attached hydrogens (tertiary/aromatic N) is 3. The number of aliphatic hydroxyl groups is 1. The predicted octanol–water partition coefficient (Wildman–Crippen LogP) is -0.571. The van der Waals surface area contributed by atoms with Gasteiger partial charge in [0.15, 0.2) is 0 Å². The Bertz CT molecular complexity index is 241. The van der Waals surface area contributed by atoms with E-state index in [2.05, 4.69) is 10.2 Å². The number of ether oxygens (including phenoxy) is 1. The van der Waals surface area contributed by atoms with Crippen molar-refractivity contribution in [3.05, 3.63) is 12.7 Å². The maximum Gasteiger partial charge on any atom is 0.119 e. The van der Waals surface area contributed by atoms with E-state index in [-0.39, 0.29) is 0 Å². The highest BCUT2D eigenvalue weighted by Gasteiger charge is 2.32. The minimum atomic E-state index is -0.720. The standard InChI is InChI=1S/C7H11N3O2/c11-7(1-2-12-4-7)3-10-5-8-9-6-10/h5-6,11H,1-4H2. The smallest absolute Gasteiger partial charge is 0.119 e. The van der Waals surface area contributed by atoms with Crippen molar-refractivity contribution in [2.24, 2.45) is 0 Å². The Kier molecular flexibility index (Phi) is 1.82. The molecule has 0 radical (unpaired) electrons. The van der Waals surface area contributed by atoms with Gasteiger partial charge in [-0.1, -0.05) is 0 Å². The number of hydrogen-bond donors (Lipinski definition) is 1. The molecule has 12 heavy (non-hydrogen) atoms. The molecule has 0 saturated carbocycles. The molecule has 66 valence electrons. The molecule has 2 heterocycles. The van der Waals surface area contributed by atoms with Gasteiger partial charge in [-0.15, -0.1) is 10.2 Å². The average Bonchev–Trinajstić information content (AvgIpc) is 2.62. The topological polar surface area (TPSA) is 60.2 Å². The van der Waals surface area contributed by atoms with Crippen LogP contribution in [0.4, 0.5) is 0 Å². The van der Waals surface area contributed by atoms with Gasteiger partial charge in [0.05, 0.1) is 13.2 Å². The first-order valence-corrected chi connectivity index (χ1v) is 3.91. The summed E-state index contributed by atoms with van der Waals surface area (Å²) in [5.41, 5.74) is -0.720. The highest BCUT2D eigenvalue weighted by molar-refractivity contribution is 4.83. The molecule has 1 atom stereocenters. The maximum atomic E-state index is 9.86. The Morgan fingerprint density at radius 1 is 1.50 bits per heavy atom. The van der Waals surface area contributed by atoms with Crippen molar-refractivity contribution < 1.29 is 9.84 Å². The normalized spacial score (nSPS) is 29.4. The Balaban J connectivity index is 2.02. The number of hydrogen-bond acceptors (Lipinski definition) is 4. The van der Waals surface area contributed by atoms with Gasteiger partial charge in [-0.2, -0.15) is 0 Å². The summed E-state index contributed by atoms with van der Waals surface area (Å²) in [7, 11) is 0. The van der Waals surface area contributed by atoms with Crippen LogP contribution in [-0.4, -0.2) is 38.7 Å². The third-order valence-electron chi connectivity index (χ3n) is 2.03. The lowest BCUT2D eigenvalue weighted by atomic mass is 10.0. The molecule has 0 bridgehead atoms. The van der Waals surface area contributed by atoms with E-state index in [0.717, 1.165) is 0 Å². The molecule has 1 saturated heterocycles. The molecular formula is C7H11N3O2. The first-order valence-electron chi connectivity index (χ1n) is 3.91. The molecule has 1 aliphatic rings. The van der Waals surface area contributed by atoms with Gasteiger partial charge in [-0.3, -0.25) is 0 Å². The summed E-state index contributed by atoms with van der Waals surface area (Å²) in [4.78, 5) is 0. The molecular weight excluding hydrogens is 158 g/mol. The molecule has 0 spiro atoms. The summed E-state index contributed by atoms with van der Waals surface area (Å²) in [5.74, 6) is 0. The Hall–Kier alpha value is -0.940. The van der Waals surface area contributed by atoms with Gasteiger partial charge >= 0.3 is 0 Å².